The maximum absolute atomic E-state index is 12.4. The van der Waals surface area contributed by atoms with Crippen molar-refractivity contribution in [3.8, 4) is 0 Å². The molecule has 25 heavy (non-hydrogen) atoms. The molecule has 0 aliphatic carbocycles. The van der Waals surface area contributed by atoms with E-state index in [9.17, 15) is 13.2 Å². The van der Waals surface area contributed by atoms with E-state index in [1.165, 1.54) is 0 Å². The van der Waals surface area contributed by atoms with Gasteiger partial charge >= 0.3 is 0 Å². The van der Waals surface area contributed by atoms with Crippen molar-refractivity contribution in [2.75, 3.05) is 26.7 Å². The SMILES string of the molecule is CNCC1CCCN1C(=O)CCCN=C1NS(=O)(=O)c2ccccc21. The summed E-state index contributed by atoms with van der Waals surface area (Å²) in [6.07, 6.45) is 3.15. The number of hydrogen-bond acceptors (Lipinski definition) is 5. The molecule has 1 aromatic carbocycles. The zero-order valence-corrected chi connectivity index (χ0v) is 15.2. The van der Waals surface area contributed by atoms with Gasteiger partial charge in [0, 0.05) is 37.7 Å². The fourth-order valence-corrected chi connectivity index (χ4v) is 4.68. The summed E-state index contributed by atoms with van der Waals surface area (Å²) in [4.78, 5) is 18.9. The molecule has 2 aliphatic rings. The smallest absolute Gasteiger partial charge is 0.263 e. The molecular weight excluding hydrogens is 340 g/mol. The minimum absolute atomic E-state index is 0.158. The van der Waals surface area contributed by atoms with Crippen molar-refractivity contribution in [2.45, 2.75) is 36.6 Å². The molecule has 1 unspecified atom stereocenters. The Kier molecular flexibility index (Phi) is 5.39. The Morgan fingerprint density at radius 1 is 1.40 bits per heavy atom. The minimum atomic E-state index is -3.50. The molecule has 0 radical (unpaired) electrons. The highest BCUT2D eigenvalue weighted by Gasteiger charge is 2.30. The lowest BCUT2D eigenvalue weighted by Gasteiger charge is -2.24. The second kappa shape index (κ2) is 7.53. The monoisotopic (exact) mass is 364 g/mol. The molecule has 1 aromatic rings. The summed E-state index contributed by atoms with van der Waals surface area (Å²) in [6, 6.07) is 7.08. The van der Waals surface area contributed by atoms with E-state index >= 15 is 0 Å². The lowest BCUT2D eigenvalue weighted by atomic mass is 10.2. The first-order valence-electron chi connectivity index (χ1n) is 8.63. The second-order valence-corrected chi connectivity index (χ2v) is 8.03. The molecule has 3 rings (SSSR count). The quantitative estimate of drug-likeness (QED) is 0.728. The summed E-state index contributed by atoms with van der Waals surface area (Å²) >= 11 is 0. The Balaban J connectivity index is 1.55. The number of amides is 1. The molecule has 0 spiro atoms. The number of likely N-dealkylation sites (tertiary alicyclic amines) is 1. The maximum Gasteiger partial charge on any atom is 0.263 e. The van der Waals surface area contributed by atoms with Crippen molar-refractivity contribution in [1.29, 1.82) is 0 Å². The minimum Gasteiger partial charge on any atom is -0.338 e. The highest BCUT2D eigenvalue weighted by molar-refractivity contribution is 7.90. The second-order valence-electron chi connectivity index (χ2n) is 6.38. The van der Waals surface area contributed by atoms with Gasteiger partial charge in [-0.2, -0.15) is 0 Å². The number of nitrogens with zero attached hydrogens (tertiary/aromatic N) is 2. The fraction of sp³-hybridized carbons (Fsp3) is 0.529. The van der Waals surface area contributed by atoms with E-state index in [0.29, 0.717) is 30.8 Å². The van der Waals surface area contributed by atoms with Gasteiger partial charge < -0.3 is 10.2 Å². The van der Waals surface area contributed by atoms with Crippen LogP contribution in [0.25, 0.3) is 0 Å². The first kappa shape index (κ1) is 17.9. The van der Waals surface area contributed by atoms with E-state index in [4.69, 9.17) is 0 Å². The molecule has 1 saturated heterocycles. The van der Waals surface area contributed by atoms with Gasteiger partial charge in [-0.15, -0.1) is 0 Å². The van der Waals surface area contributed by atoms with Gasteiger partial charge in [0.15, 0.2) is 0 Å². The number of carbonyl (C=O) groups is 1. The number of hydrogen-bond donors (Lipinski definition) is 2. The lowest BCUT2D eigenvalue weighted by molar-refractivity contribution is -0.132. The Bertz CT molecular complexity index is 776. The average molecular weight is 364 g/mol. The van der Waals surface area contributed by atoms with Gasteiger partial charge in [-0.05, 0) is 38.4 Å². The molecule has 0 saturated carbocycles. The number of amidine groups is 1. The van der Waals surface area contributed by atoms with Gasteiger partial charge in [-0.3, -0.25) is 14.5 Å². The molecule has 2 N–H and O–H groups in total. The molecule has 1 atom stereocenters. The van der Waals surface area contributed by atoms with Gasteiger partial charge in [-0.25, -0.2) is 8.42 Å². The van der Waals surface area contributed by atoms with Crippen LogP contribution in [0.4, 0.5) is 0 Å². The van der Waals surface area contributed by atoms with Crippen molar-refractivity contribution in [2.24, 2.45) is 4.99 Å². The van der Waals surface area contributed by atoms with Crippen LogP contribution in [0.2, 0.25) is 0 Å². The number of fused-ring (bicyclic) bond motifs is 1. The Hall–Kier alpha value is -1.93. The summed E-state index contributed by atoms with van der Waals surface area (Å²) in [7, 11) is -1.60. The number of nitrogens with one attached hydrogen (secondary N) is 2. The molecular formula is C17H24N4O3S. The van der Waals surface area contributed by atoms with Crippen LogP contribution < -0.4 is 10.0 Å². The van der Waals surface area contributed by atoms with E-state index in [0.717, 1.165) is 25.9 Å². The van der Waals surface area contributed by atoms with E-state index in [1.807, 2.05) is 11.9 Å². The van der Waals surface area contributed by atoms with E-state index in [-0.39, 0.29) is 16.8 Å². The van der Waals surface area contributed by atoms with Crippen molar-refractivity contribution in [3.63, 3.8) is 0 Å². The van der Waals surface area contributed by atoms with Gasteiger partial charge in [-0.1, -0.05) is 12.1 Å². The lowest BCUT2D eigenvalue weighted by Crippen LogP contribution is -2.40. The molecule has 2 heterocycles. The van der Waals surface area contributed by atoms with Gasteiger partial charge in [0.05, 0.1) is 4.90 Å². The van der Waals surface area contributed by atoms with Crippen LogP contribution in [0, 0.1) is 0 Å². The number of benzene rings is 1. The summed E-state index contributed by atoms with van der Waals surface area (Å²) in [5, 5.41) is 3.14. The molecule has 0 aromatic heterocycles. The topological polar surface area (TPSA) is 90.9 Å². The standard InChI is InChI=1S/C17H24N4O3S/c1-18-12-13-6-5-11-21(13)16(22)9-4-10-19-17-14-7-2-3-8-15(14)25(23,24)20-17/h2-3,7-8,13,18H,4-6,9-12H2,1H3,(H,19,20). The normalized spacial score (nSPS) is 22.8. The summed E-state index contributed by atoms with van der Waals surface area (Å²) in [5.41, 5.74) is 0.599. The van der Waals surface area contributed by atoms with Crippen molar-refractivity contribution >= 4 is 21.8 Å². The first-order chi connectivity index (χ1) is 12.0. The molecule has 2 aliphatic heterocycles. The molecule has 0 bridgehead atoms. The van der Waals surface area contributed by atoms with Gasteiger partial charge in [0.2, 0.25) is 5.91 Å². The zero-order chi connectivity index (χ0) is 17.9. The van der Waals surface area contributed by atoms with E-state index in [2.05, 4.69) is 15.0 Å². The van der Waals surface area contributed by atoms with Crippen molar-refractivity contribution in [1.82, 2.24) is 14.9 Å². The predicted octanol–water partition coefficient (Wildman–Crippen LogP) is 0.716. The van der Waals surface area contributed by atoms with E-state index in [1.54, 1.807) is 24.3 Å². The van der Waals surface area contributed by atoms with Gasteiger partial charge in [0.25, 0.3) is 10.0 Å². The van der Waals surface area contributed by atoms with Gasteiger partial charge in [0.1, 0.15) is 5.84 Å². The summed E-state index contributed by atoms with van der Waals surface area (Å²) in [5.74, 6) is 0.530. The average Bonchev–Trinajstić information content (AvgIpc) is 3.15. The molecule has 8 heteroatoms. The third kappa shape index (κ3) is 3.85. The highest BCUT2D eigenvalue weighted by Crippen LogP contribution is 2.22. The summed E-state index contributed by atoms with van der Waals surface area (Å²) < 4.78 is 26.5. The maximum atomic E-state index is 12.4. The fourth-order valence-electron chi connectivity index (χ4n) is 3.43. The molecule has 1 amide bonds. The van der Waals surface area contributed by atoms with Crippen LogP contribution in [0.3, 0.4) is 0 Å². The molecule has 136 valence electrons. The third-order valence-corrected chi connectivity index (χ3v) is 6.02. The Labute approximate surface area is 148 Å². The van der Waals surface area contributed by atoms with E-state index < -0.39 is 10.0 Å². The molecule has 1 fully saturated rings. The molecule has 7 nitrogen and oxygen atoms in total. The predicted molar refractivity (Wildman–Crippen MR) is 96.1 cm³/mol. The van der Waals surface area contributed by atoms with Crippen LogP contribution in [-0.4, -0.2) is 57.8 Å². The third-order valence-electron chi connectivity index (χ3n) is 4.62. The highest BCUT2D eigenvalue weighted by atomic mass is 32.2. The first-order valence-corrected chi connectivity index (χ1v) is 10.1. The number of aliphatic imine (C=N–C) groups is 1. The number of sulfonamides is 1. The largest absolute Gasteiger partial charge is 0.338 e. The van der Waals surface area contributed by atoms with Crippen LogP contribution in [0.5, 0.6) is 0 Å². The van der Waals surface area contributed by atoms with Crippen molar-refractivity contribution < 1.29 is 13.2 Å². The number of rotatable bonds is 6. The van der Waals surface area contributed by atoms with Crippen LogP contribution >= 0.6 is 0 Å². The Morgan fingerprint density at radius 2 is 2.20 bits per heavy atom. The number of carbonyl (C=O) groups excluding carboxylic acids is 1. The number of likely N-dealkylation sites (N-methyl/N-ethyl adjacent to an activating group) is 1. The Morgan fingerprint density at radius 3 is 3.00 bits per heavy atom. The summed E-state index contributed by atoms with van der Waals surface area (Å²) in [6.45, 7) is 2.07. The van der Waals surface area contributed by atoms with Crippen LogP contribution in [-0.2, 0) is 14.8 Å². The van der Waals surface area contributed by atoms with Crippen LogP contribution in [0.1, 0.15) is 31.2 Å². The zero-order valence-electron chi connectivity index (χ0n) is 14.4. The van der Waals surface area contributed by atoms with Crippen LogP contribution in [0.15, 0.2) is 34.2 Å². The van der Waals surface area contributed by atoms with Crippen molar-refractivity contribution in [3.05, 3.63) is 29.8 Å².